The van der Waals surface area contributed by atoms with Crippen molar-refractivity contribution >= 4 is 22.6 Å². The number of methoxy groups -OCH3 is 2. The van der Waals surface area contributed by atoms with Crippen molar-refractivity contribution in [3.8, 4) is 11.5 Å². The van der Waals surface area contributed by atoms with Gasteiger partial charge in [0.05, 0.1) is 25.4 Å². The van der Waals surface area contributed by atoms with Crippen molar-refractivity contribution in [3.63, 3.8) is 0 Å². The number of rotatable bonds is 3. The second-order valence-corrected chi connectivity index (χ2v) is 6.29. The Balaban J connectivity index is 1.78. The molecule has 0 unspecified atom stereocenters. The van der Waals surface area contributed by atoms with Gasteiger partial charge in [-0.05, 0) is 25.0 Å². The Morgan fingerprint density at radius 3 is 2.70 bits per heavy atom. The summed E-state index contributed by atoms with van der Waals surface area (Å²) in [6.45, 7) is 0. The molecule has 1 N–H and O–H groups in total. The summed E-state index contributed by atoms with van der Waals surface area (Å²) in [5.41, 5.74) is 1.14. The van der Waals surface area contributed by atoms with E-state index in [-0.39, 0.29) is 5.54 Å². The zero-order valence-corrected chi connectivity index (χ0v) is 12.8. The molecule has 0 atom stereocenters. The first kappa shape index (κ1) is 13.6. The molecule has 1 fully saturated rings. The van der Waals surface area contributed by atoms with Gasteiger partial charge in [-0.15, -0.1) is 0 Å². The minimum atomic E-state index is 0.201. The van der Waals surface area contributed by atoms with E-state index in [0.717, 1.165) is 28.1 Å². The van der Waals surface area contributed by atoms with E-state index in [1.807, 2.05) is 30.0 Å². The summed E-state index contributed by atoms with van der Waals surface area (Å²) in [5.74, 6) is 2.68. The predicted octanol–water partition coefficient (Wildman–Crippen LogP) is 3.53. The average Bonchev–Trinajstić information content (AvgIpc) is 3.10. The fraction of sp³-hybridized carbons (Fsp3) is 0.533. The third-order valence-corrected chi connectivity index (χ3v) is 5.15. The van der Waals surface area contributed by atoms with Gasteiger partial charge in [0.15, 0.2) is 5.17 Å². The number of benzene rings is 1. The molecule has 0 amide bonds. The third-order valence-electron chi connectivity index (χ3n) is 4.00. The van der Waals surface area contributed by atoms with Gasteiger partial charge in [-0.2, -0.15) is 0 Å². The van der Waals surface area contributed by atoms with Crippen LogP contribution in [0.2, 0.25) is 0 Å². The molecule has 1 aliphatic heterocycles. The van der Waals surface area contributed by atoms with Gasteiger partial charge in [-0.3, -0.25) is 4.99 Å². The Kier molecular flexibility index (Phi) is 3.78. The van der Waals surface area contributed by atoms with Gasteiger partial charge in [0.2, 0.25) is 0 Å². The average molecular weight is 292 g/mol. The van der Waals surface area contributed by atoms with Crippen LogP contribution in [0.3, 0.4) is 0 Å². The quantitative estimate of drug-likeness (QED) is 0.925. The molecule has 108 valence electrons. The van der Waals surface area contributed by atoms with Crippen molar-refractivity contribution in [2.45, 2.75) is 31.2 Å². The number of amidine groups is 1. The summed E-state index contributed by atoms with van der Waals surface area (Å²) in [6, 6.07) is 5.78. The molecule has 1 aliphatic carbocycles. The van der Waals surface area contributed by atoms with E-state index in [4.69, 9.17) is 14.5 Å². The molecule has 4 nitrogen and oxygen atoms in total. The van der Waals surface area contributed by atoms with Gasteiger partial charge in [0.25, 0.3) is 0 Å². The summed E-state index contributed by atoms with van der Waals surface area (Å²) < 4.78 is 10.6. The van der Waals surface area contributed by atoms with Crippen molar-refractivity contribution in [1.82, 2.24) is 0 Å². The number of ether oxygens (including phenoxy) is 2. The summed E-state index contributed by atoms with van der Waals surface area (Å²) >= 11 is 1.81. The minimum Gasteiger partial charge on any atom is -0.497 e. The van der Waals surface area contributed by atoms with Crippen LogP contribution < -0.4 is 14.8 Å². The lowest BCUT2D eigenvalue weighted by Gasteiger charge is -2.16. The second-order valence-electron chi connectivity index (χ2n) is 5.33. The zero-order valence-electron chi connectivity index (χ0n) is 11.9. The Morgan fingerprint density at radius 2 is 2.00 bits per heavy atom. The van der Waals surface area contributed by atoms with E-state index in [0.29, 0.717) is 0 Å². The zero-order chi connectivity index (χ0) is 14.0. The normalized spacial score (nSPS) is 20.0. The fourth-order valence-electron chi connectivity index (χ4n) is 2.85. The maximum atomic E-state index is 5.41. The van der Waals surface area contributed by atoms with Gasteiger partial charge in [-0.25, -0.2) is 0 Å². The SMILES string of the molecule is COc1ccc(NC2=NC3(CCCC3)CS2)c(OC)c1. The standard InChI is InChI=1S/C15H20N2O2S/c1-18-11-5-6-12(13(9-11)19-2)16-14-17-15(10-20-14)7-3-4-8-15/h5-6,9H,3-4,7-8,10H2,1-2H3,(H,16,17). The van der Waals surface area contributed by atoms with Crippen LogP contribution in [-0.4, -0.2) is 30.7 Å². The summed E-state index contributed by atoms with van der Waals surface area (Å²) in [5, 5.41) is 4.40. The monoisotopic (exact) mass is 292 g/mol. The first-order valence-corrected chi connectivity index (χ1v) is 7.95. The lowest BCUT2D eigenvalue weighted by atomic mass is 10.0. The number of thioether (sulfide) groups is 1. The van der Waals surface area contributed by atoms with Crippen LogP contribution in [-0.2, 0) is 0 Å². The van der Waals surface area contributed by atoms with Crippen LogP contribution >= 0.6 is 11.8 Å². The Bertz CT molecular complexity index is 525. The highest BCUT2D eigenvalue weighted by atomic mass is 32.2. The molecule has 2 aliphatic rings. The Hall–Kier alpha value is -1.36. The van der Waals surface area contributed by atoms with Crippen molar-refractivity contribution in [1.29, 1.82) is 0 Å². The molecule has 0 aromatic heterocycles. The smallest absolute Gasteiger partial charge is 0.161 e. The fourth-order valence-corrected chi connectivity index (χ4v) is 4.05. The Morgan fingerprint density at radius 1 is 1.20 bits per heavy atom. The summed E-state index contributed by atoms with van der Waals surface area (Å²) in [4.78, 5) is 4.91. The topological polar surface area (TPSA) is 42.8 Å². The van der Waals surface area contributed by atoms with Crippen molar-refractivity contribution in [2.24, 2.45) is 4.99 Å². The molecule has 20 heavy (non-hydrogen) atoms. The van der Waals surface area contributed by atoms with Gasteiger partial charge in [0.1, 0.15) is 11.5 Å². The molecule has 0 bridgehead atoms. The van der Waals surface area contributed by atoms with Gasteiger partial charge in [0, 0.05) is 11.8 Å². The Labute approximate surface area is 123 Å². The highest BCUT2D eigenvalue weighted by Crippen LogP contribution is 2.41. The number of aliphatic imine (C=N–C) groups is 1. The molecule has 5 heteroatoms. The van der Waals surface area contributed by atoms with Crippen LogP contribution in [0, 0.1) is 0 Å². The van der Waals surface area contributed by atoms with E-state index in [1.54, 1.807) is 14.2 Å². The summed E-state index contributed by atoms with van der Waals surface area (Å²) in [7, 11) is 3.32. The predicted molar refractivity (Wildman–Crippen MR) is 84.3 cm³/mol. The lowest BCUT2D eigenvalue weighted by molar-refractivity contribution is 0.395. The molecule has 0 radical (unpaired) electrons. The first-order chi connectivity index (χ1) is 9.74. The van der Waals surface area contributed by atoms with E-state index in [2.05, 4.69) is 5.32 Å². The van der Waals surface area contributed by atoms with Crippen molar-refractivity contribution in [2.75, 3.05) is 25.3 Å². The number of hydrogen-bond acceptors (Lipinski definition) is 5. The minimum absolute atomic E-state index is 0.201. The van der Waals surface area contributed by atoms with Gasteiger partial charge in [-0.1, -0.05) is 24.6 Å². The van der Waals surface area contributed by atoms with Crippen LogP contribution in [0.4, 0.5) is 5.69 Å². The van der Waals surface area contributed by atoms with Crippen molar-refractivity contribution < 1.29 is 9.47 Å². The maximum absolute atomic E-state index is 5.41. The molecule has 1 heterocycles. The van der Waals surface area contributed by atoms with Crippen LogP contribution in [0.5, 0.6) is 11.5 Å². The largest absolute Gasteiger partial charge is 0.497 e. The highest BCUT2D eigenvalue weighted by Gasteiger charge is 2.38. The number of nitrogens with one attached hydrogen (secondary N) is 1. The molecule has 1 saturated carbocycles. The molecule has 0 saturated heterocycles. The molecule has 1 spiro atoms. The maximum Gasteiger partial charge on any atom is 0.161 e. The molecule has 3 rings (SSSR count). The van der Waals surface area contributed by atoms with Crippen molar-refractivity contribution in [3.05, 3.63) is 18.2 Å². The van der Waals surface area contributed by atoms with E-state index < -0.39 is 0 Å². The van der Waals surface area contributed by atoms with Gasteiger partial charge < -0.3 is 14.8 Å². The van der Waals surface area contributed by atoms with E-state index >= 15 is 0 Å². The number of anilines is 1. The van der Waals surface area contributed by atoms with E-state index in [1.165, 1.54) is 25.7 Å². The van der Waals surface area contributed by atoms with E-state index in [9.17, 15) is 0 Å². The molecule has 1 aromatic rings. The van der Waals surface area contributed by atoms with Crippen LogP contribution in [0.15, 0.2) is 23.2 Å². The first-order valence-electron chi connectivity index (χ1n) is 6.96. The summed E-state index contributed by atoms with van der Waals surface area (Å²) in [6.07, 6.45) is 5.07. The van der Waals surface area contributed by atoms with Crippen LogP contribution in [0.1, 0.15) is 25.7 Å². The molecule has 1 aromatic carbocycles. The second kappa shape index (κ2) is 5.56. The number of hydrogen-bond donors (Lipinski definition) is 1. The molecular formula is C15H20N2O2S. The lowest BCUT2D eigenvalue weighted by Crippen LogP contribution is -2.21. The molecular weight excluding hydrogens is 272 g/mol. The van der Waals surface area contributed by atoms with Gasteiger partial charge >= 0.3 is 0 Å². The third kappa shape index (κ3) is 2.59. The van der Waals surface area contributed by atoms with Crippen LogP contribution in [0.25, 0.3) is 0 Å². The number of nitrogens with zero attached hydrogens (tertiary/aromatic N) is 1. The highest BCUT2D eigenvalue weighted by molar-refractivity contribution is 8.14.